The van der Waals surface area contributed by atoms with Crippen LogP contribution in [0.3, 0.4) is 0 Å². The molecule has 0 unspecified atom stereocenters. The van der Waals surface area contributed by atoms with Gasteiger partial charge in [-0.2, -0.15) is 0 Å². The number of rotatable bonds is 3. The molecule has 0 radical (unpaired) electrons. The second-order valence-electron chi connectivity index (χ2n) is 6.81. The minimum Gasteiger partial charge on any atom is -0.507 e. The normalized spacial score (nSPS) is 20.9. The van der Waals surface area contributed by atoms with Crippen LogP contribution in [0.15, 0.2) is 30.5 Å². The van der Waals surface area contributed by atoms with E-state index in [1.54, 1.807) is 22.7 Å². The van der Waals surface area contributed by atoms with Crippen LogP contribution in [0, 0.1) is 5.82 Å². The van der Waals surface area contributed by atoms with E-state index in [0.29, 0.717) is 31.0 Å². The number of fused-ring (bicyclic) bond motifs is 1. The van der Waals surface area contributed by atoms with Crippen LogP contribution < -0.4 is 5.32 Å². The van der Waals surface area contributed by atoms with Crippen LogP contribution in [0.4, 0.5) is 14.7 Å². The number of aromatic nitrogens is 3. The van der Waals surface area contributed by atoms with Crippen molar-refractivity contribution in [1.29, 1.82) is 0 Å². The molecule has 0 spiro atoms. The van der Waals surface area contributed by atoms with Gasteiger partial charge in [0.1, 0.15) is 23.4 Å². The van der Waals surface area contributed by atoms with Crippen LogP contribution >= 0.6 is 11.6 Å². The SMILES string of the molecule is CN1C[C@H](F)C[C@@H](Nc2nnc(-c3c(O)cc(Cl)cc3F)c3cccn23)C1. The Morgan fingerprint density at radius 1 is 1.30 bits per heavy atom. The highest BCUT2D eigenvalue weighted by atomic mass is 35.5. The Bertz CT molecular complexity index is 962. The summed E-state index contributed by atoms with van der Waals surface area (Å²) >= 11 is 5.78. The van der Waals surface area contributed by atoms with Gasteiger partial charge in [-0.05, 0) is 31.3 Å². The van der Waals surface area contributed by atoms with Crippen molar-refractivity contribution in [2.24, 2.45) is 0 Å². The molecule has 3 heterocycles. The number of anilines is 1. The minimum atomic E-state index is -0.909. The van der Waals surface area contributed by atoms with E-state index in [-0.39, 0.29) is 28.1 Å². The smallest absolute Gasteiger partial charge is 0.228 e. The van der Waals surface area contributed by atoms with Crippen molar-refractivity contribution in [3.05, 3.63) is 41.3 Å². The summed E-state index contributed by atoms with van der Waals surface area (Å²) in [5.41, 5.74) is 0.690. The predicted octanol–water partition coefficient (Wildman–Crippen LogP) is 3.35. The first-order valence-corrected chi connectivity index (χ1v) is 8.91. The largest absolute Gasteiger partial charge is 0.507 e. The van der Waals surface area contributed by atoms with E-state index in [2.05, 4.69) is 15.5 Å². The summed E-state index contributed by atoms with van der Waals surface area (Å²) < 4.78 is 30.0. The van der Waals surface area contributed by atoms with Gasteiger partial charge in [-0.15, -0.1) is 10.2 Å². The number of nitrogens with one attached hydrogen (secondary N) is 1. The molecule has 0 amide bonds. The van der Waals surface area contributed by atoms with Crippen molar-refractivity contribution in [3.63, 3.8) is 0 Å². The number of hydrogen-bond donors (Lipinski definition) is 2. The fraction of sp³-hybridized carbons (Fsp3) is 0.333. The highest BCUT2D eigenvalue weighted by Crippen LogP contribution is 2.36. The summed E-state index contributed by atoms with van der Waals surface area (Å²) in [6.45, 7) is 1.09. The molecular formula is C18H18ClF2N5O. The lowest BCUT2D eigenvalue weighted by molar-refractivity contribution is 0.153. The lowest BCUT2D eigenvalue weighted by atomic mass is 10.1. The molecule has 6 nitrogen and oxygen atoms in total. The maximum absolute atomic E-state index is 14.4. The van der Waals surface area contributed by atoms with Crippen LogP contribution in [0.25, 0.3) is 16.8 Å². The van der Waals surface area contributed by atoms with E-state index in [1.165, 1.54) is 6.07 Å². The minimum absolute atomic E-state index is 0.0663. The fourth-order valence-electron chi connectivity index (χ4n) is 3.56. The number of alkyl halides is 1. The number of aromatic hydroxyl groups is 1. The van der Waals surface area contributed by atoms with E-state index < -0.39 is 12.0 Å². The van der Waals surface area contributed by atoms with Crippen molar-refractivity contribution >= 4 is 23.1 Å². The molecule has 3 aromatic rings. The second-order valence-corrected chi connectivity index (χ2v) is 7.25. The maximum Gasteiger partial charge on any atom is 0.228 e. The molecule has 27 heavy (non-hydrogen) atoms. The molecule has 0 aliphatic carbocycles. The third-order valence-electron chi connectivity index (χ3n) is 4.65. The number of phenols is 1. The van der Waals surface area contributed by atoms with Gasteiger partial charge >= 0.3 is 0 Å². The molecule has 9 heteroatoms. The predicted molar refractivity (Wildman–Crippen MR) is 99.5 cm³/mol. The van der Waals surface area contributed by atoms with Gasteiger partial charge < -0.3 is 15.3 Å². The van der Waals surface area contributed by atoms with Crippen molar-refractivity contribution in [2.45, 2.75) is 18.6 Å². The standard InChI is InChI=1S/C18H18ClF2N5O/c1-25-8-11(20)7-12(9-25)22-18-24-23-17(14-3-2-4-26(14)18)16-13(21)5-10(19)6-15(16)27/h2-6,11-12,27H,7-9H2,1H3,(H,22,24)/t11-,12-/m1/s1. The number of likely N-dealkylation sites (tertiary alicyclic amines) is 1. The lowest BCUT2D eigenvalue weighted by Crippen LogP contribution is -2.45. The van der Waals surface area contributed by atoms with E-state index in [9.17, 15) is 13.9 Å². The van der Waals surface area contributed by atoms with Gasteiger partial charge in [0.2, 0.25) is 5.95 Å². The molecule has 2 aromatic heterocycles. The first kappa shape index (κ1) is 17.9. The fourth-order valence-corrected chi connectivity index (χ4v) is 3.76. The number of piperidine rings is 1. The van der Waals surface area contributed by atoms with Crippen LogP contribution in [0.1, 0.15) is 6.42 Å². The van der Waals surface area contributed by atoms with Crippen LogP contribution in [-0.2, 0) is 0 Å². The zero-order chi connectivity index (χ0) is 19.1. The quantitative estimate of drug-likeness (QED) is 0.714. The topological polar surface area (TPSA) is 65.7 Å². The van der Waals surface area contributed by atoms with E-state index in [0.717, 1.165) is 6.07 Å². The van der Waals surface area contributed by atoms with Crippen molar-refractivity contribution < 1.29 is 13.9 Å². The average Bonchev–Trinajstić information content (AvgIpc) is 3.05. The molecule has 0 saturated carbocycles. The van der Waals surface area contributed by atoms with Gasteiger partial charge in [0, 0.05) is 36.8 Å². The number of benzene rings is 1. The van der Waals surface area contributed by atoms with Gasteiger partial charge in [0.05, 0.1) is 11.1 Å². The first-order chi connectivity index (χ1) is 12.9. The summed E-state index contributed by atoms with van der Waals surface area (Å²) in [4.78, 5) is 1.92. The molecule has 142 valence electrons. The zero-order valence-electron chi connectivity index (χ0n) is 14.5. The Morgan fingerprint density at radius 3 is 2.85 bits per heavy atom. The molecule has 0 bridgehead atoms. The molecular weight excluding hydrogens is 376 g/mol. The maximum atomic E-state index is 14.4. The van der Waals surface area contributed by atoms with Gasteiger partial charge in [0.25, 0.3) is 0 Å². The third-order valence-corrected chi connectivity index (χ3v) is 4.87. The summed E-state index contributed by atoms with van der Waals surface area (Å²) in [5, 5.41) is 21.7. The molecule has 2 atom stereocenters. The van der Waals surface area contributed by atoms with Crippen molar-refractivity contribution in [3.8, 4) is 17.0 Å². The molecule has 2 N–H and O–H groups in total. The van der Waals surface area contributed by atoms with E-state index in [4.69, 9.17) is 11.6 Å². The molecule has 4 rings (SSSR count). The molecule has 1 saturated heterocycles. The lowest BCUT2D eigenvalue weighted by Gasteiger charge is -2.32. The summed E-state index contributed by atoms with van der Waals surface area (Å²) in [5.74, 6) is -0.570. The van der Waals surface area contributed by atoms with Gasteiger partial charge in [-0.25, -0.2) is 8.78 Å². The van der Waals surface area contributed by atoms with Gasteiger partial charge in [-0.1, -0.05) is 11.6 Å². The van der Waals surface area contributed by atoms with Crippen molar-refractivity contribution in [1.82, 2.24) is 19.5 Å². The number of halogens is 3. The van der Waals surface area contributed by atoms with Crippen LogP contribution in [-0.4, -0.2) is 57.0 Å². The van der Waals surface area contributed by atoms with E-state index in [1.807, 2.05) is 11.9 Å². The Kier molecular flexibility index (Phi) is 4.61. The van der Waals surface area contributed by atoms with Crippen LogP contribution in [0.5, 0.6) is 5.75 Å². The van der Waals surface area contributed by atoms with E-state index >= 15 is 0 Å². The van der Waals surface area contributed by atoms with Gasteiger partial charge in [-0.3, -0.25) is 4.40 Å². The molecule has 1 aliphatic rings. The number of nitrogens with zero attached hydrogens (tertiary/aromatic N) is 4. The Labute approximate surface area is 159 Å². The molecule has 1 aliphatic heterocycles. The highest BCUT2D eigenvalue weighted by Gasteiger charge is 2.26. The zero-order valence-corrected chi connectivity index (χ0v) is 15.3. The van der Waals surface area contributed by atoms with Crippen molar-refractivity contribution in [2.75, 3.05) is 25.5 Å². The van der Waals surface area contributed by atoms with Gasteiger partial charge in [0.15, 0.2) is 0 Å². The Hall–Kier alpha value is -2.45. The first-order valence-electron chi connectivity index (χ1n) is 8.53. The third kappa shape index (κ3) is 3.42. The molecule has 1 aromatic carbocycles. The Morgan fingerprint density at radius 2 is 2.11 bits per heavy atom. The monoisotopic (exact) mass is 393 g/mol. The highest BCUT2D eigenvalue weighted by molar-refractivity contribution is 6.30. The Balaban J connectivity index is 1.73. The second kappa shape index (κ2) is 6.94. The van der Waals surface area contributed by atoms with Crippen LogP contribution in [0.2, 0.25) is 5.02 Å². The average molecular weight is 394 g/mol. The summed E-state index contributed by atoms with van der Waals surface area (Å²) in [6.07, 6.45) is 1.22. The summed E-state index contributed by atoms with van der Waals surface area (Å²) in [7, 11) is 1.87. The number of likely N-dealkylation sites (N-methyl/N-ethyl adjacent to an activating group) is 1. The number of phenolic OH excluding ortho intramolecular Hbond substituents is 1. The number of hydrogen-bond acceptors (Lipinski definition) is 5. The summed E-state index contributed by atoms with van der Waals surface area (Å²) in [6, 6.07) is 5.76. The molecule has 1 fully saturated rings.